The number of Topliss-reactive ketones (excluding diaryl/α,β-unsaturated/α-hetero) is 1. The molecule has 4 nitrogen and oxygen atoms in total. The van der Waals surface area contributed by atoms with Crippen LogP contribution in [0.25, 0.3) is 0 Å². The van der Waals surface area contributed by atoms with Crippen molar-refractivity contribution in [2.75, 3.05) is 7.11 Å². The maximum Gasteiger partial charge on any atom is 0.377 e. The molecule has 0 aromatic heterocycles. The molecule has 0 spiro atoms. The Bertz CT molecular complexity index is 477. The lowest BCUT2D eigenvalue weighted by molar-refractivity contribution is -0.131. The highest BCUT2D eigenvalue weighted by Crippen LogP contribution is 2.32. The van der Waals surface area contributed by atoms with Gasteiger partial charge in [-0.05, 0) is 48.9 Å². The van der Waals surface area contributed by atoms with Crippen LogP contribution >= 0.6 is 0 Å². The van der Waals surface area contributed by atoms with Crippen LogP contribution in [0.4, 0.5) is 0 Å². The number of hydrogen-bond donors (Lipinski definition) is 1. The first-order chi connectivity index (χ1) is 8.15. The number of carbonyl (C=O) groups excluding carboxylic acids is 1. The van der Waals surface area contributed by atoms with Crippen molar-refractivity contribution in [1.82, 2.24) is 0 Å². The van der Waals surface area contributed by atoms with Crippen LogP contribution in [-0.2, 0) is 17.6 Å². The highest BCUT2D eigenvalue weighted by molar-refractivity contribution is 6.40. The van der Waals surface area contributed by atoms with Gasteiger partial charge in [0.05, 0.1) is 7.11 Å². The van der Waals surface area contributed by atoms with E-state index in [0.717, 1.165) is 42.6 Å². The molecule has 0 aliphatic heterocycles. The van der Waals surface area contributed by atoms with Gasteiger partial charge in [0.25, 0.3) is 5.78 Å². The van der Waals surface area contributed by atoms with Crippen molar-refractivity contribution in [3.63, 3.8) is 0 Å². The van der Waals surface area contributed by atoms with Crippen molar-refractivity contribution in [2.24, 2.45) is 0 Å². The lowest BCUT2D eigenvalue weighted by atomic mass is 9.86. The normalized spacial score (nSPS) is 13.9. The zero-order chi connectivity index (χ0) is 12.4. The predicted molar refractivity (Wildman–Crippen MR) is 61.6 cm³/mol. The van der Waals surface area contributed by atoms with Gasteiger partial charge in [-0.3, -0.25) is 4.79 Å². The largest absolute Gasteiger partial charge is 0.496 e. The molecule has 4 heteroatoms. The van der Waals surface area contributed by atoms with Crippen molar-refractivity contribution in [2.45, 2.75) is 25.7 Å². The summed E-state index contributed by atoms with van der Waals surface area (Å²) < 4.78 is 5.25. The van der Waals surface area contributed by atoms with E-state index in [1.807, 2.05) is 0 Å². The summed E-state index contributed by atoms with van der Waals surface area (Å²) in [7, 11) is 1.59. The molecular formula is C13H14O4. The molecule has 0 heterocycles. The molecule has 17 heavy (non-hydrogen) atoms. The number of benzene rings is 1. The number of carboxylic acids is 1. The molecule has 1 aliphatic rings. The maximum absolute atomic E-state index is 11.6. The molecule has 0 atom stereocenters. The van der Waals surface area contributed by atoms with Gasteiger partial charge in [0.2, 0.25) is 0 Å². The van der Waals surface area contributed by atoms with Gasteiger partial charge in [-0.15, -0.1) is 0 Å². The minimum Gasteiger partial charge on any atom is -0.496 e. The Hall–Kier alpha value is -1.84. The van der Waals surface area contributed by atoms with Gasteiger partial charge in [0.15, 0.2) is 0 Å². The van der Waals surface area contributed by atoms with Gasteiger partial charge in [-0.2, -0.15) is 0 Å². The van der Waals surface area contributed by atoms with Crippen molar-refractivity contribution in [1.29, 1.82) is 0 Å². The first-order valence-electron chi connectivity index (χ1n) is 5.61. The van der Waals surface area contributed by atoms with Crippen LogP contribution in [0, 0.1) is 0 Å². The van der Waals surface area contributed by atoms with Gasteiger partial charge in [-0.1, -0.05) is 0 Å². The molecule has 0 amide bonds. The zero-order valence-electron chi connectivity index (χ0n) is 9.66. The Morgan fingerprint density at radius 3 is 2.41 bits per heavy atom. The smallest absolute Gasteiger partial charge is 0.377 e. The Morgan fingerprint density at radius 1 is 1.18 bits per heavy atom. The first kappa shape index (κ1) is 11.6. The maximum atomic E-state index is 11.6. The van der Waals surface area contributed by atoms with Crippen LogP contribution in [0.2, 0.25) is 0 Å². The third-order valence-corrected chi connectivity index (χ3v) is 3.15. The number of hydrogen-bond acceptors (Lipinski definition) is 3. The molecule has 0 saturated heterocycles. The van der Waals surface area contributed by atoms with Gasteiger partial charge >= 0.3 is 5.97 Å². The summed E-state index contributed by atoms with van der Waals surface area (Å²) in [5.41, 5.74) is 2.15. The van der Waals surface area contributed by atoms with Crippen molar-refractivity contribution >= 4 is 11.8 Å². The molecule has 0 unspecified atom stereocenters. The highest BCUT2D eigenvalue weighted by Gasteiger charge is 2.24. The fourth-order valence-electron chi connectivity index (χ4n) is 2.35. The van der Waals surface area contributed by atoms with Crippen LogP contribution in [0.3, 0.4) is 0 Å². The molecule has 0 saturated carbocycles. The van der Waals surface area contributed by atoms with E-state index in [9.17, 15) is 9.59 Å². The van der Waals surface area contributed by atoms with E-state index in [2.05, 4.69) is 0 Å². The monoisotopic (exact) mass is 234 g/mol. The van der Waals surface area contributed by atoms with Crippen molar-refractivity contribution in [3.8, 4) is 5.75 Å². The van der Waals surface area contributed by atoms with Crippen LogP contribution < -0.4 is 4.74 Å². The van der Waals surface area contributed by atoms with Gasteiger partial charge in [-0.25, -0.2) is 4.79 Å². The molecule has 1 aromatic rings. The van der Waals surface area contributed by atoms with Crippen molar-refractivity contribution in [3.05, 3.63) is 28.8 Å². The second-order valence-corrected chi connectivity index (χ2v) is 4.11. The predicted octanol–water partition coefficient (Wildman–Crippen LogP) is 1.84. The molecule has 0 fully saturated rings. The van der Waals surface area contributed by atoms with E-state index in [4.69, 9.17) is 9.84 Å². The molecule has 90 valence electrons. The fraction of sp³-hybridized carbons (Fsp3) is 0.385. The SMILES string of the molecule is COc1ccc(C(=O)C(=O)O)c2c1CCCC2. The van der Waals surface area contributed by atoms with Gasteiger partial charge in [0.1, 0.15) is 5.75 Å². The molecule has 2 rings (SSSR count). The minimum atomic E-state index is -1.40. The summed E-state index contributed by atoms with van der Waals surface area (Å²) in [6.45, 7) is 0. The number of methoxy groups -OCH3 is 1. The summed E-state index contributed by atoms with van der Waals surface area (Å²) in [6.07, 6.45) is 3.63. The number of ketones is 1. The minimum absolute atomic E-state index is 0.313. The van der Waals surface area contributed by atoms with Crippen molar-refractivity contribution < 1.29 is 19.4 Å². The van der Waals surface area contributed by atoms with E-state index in [1.165, 1.54) is 0 Å². The number of carbonyl (C=O) groups is 2. The zero-order valence-corrected chi connectivity index (χ0v) is 9.66. The molecular weight excluding hydrogens is 220 g/mol. The summed E-state index contributed by atoms with van der Waals surface area (Å²) in [6, 6.07) is 3.24. The number of ether oxygens (including phenoxy) is 1. The summed E-state index contributed by atoms with van der Waals surface area (Å²) >= 11 is 0. The second kappa shape index (κ2) is 4.57. The van der Waals surface area contributed by atoms with E-state index >= 15 is 0 Å². The van der Waals surface area contributed by atoms with Crippen LogP contribution in [0.1, 0.15) is 34.3 Å². The fourth-order valence-corrected chi connectivity index (χ4v) is 2.35. The Labute approximate surface area is 99.2 Å². The Kier molecular flexibility index (Phi) is 3.13. The van der Waals surface area contributed by atoms with E-state index < -0.39 is 11.8 Å². The highest BCUT2D eigenvalue weighted by atomic mass is 16.5. The number of aliphatic carboxylic acids is 1. The average Bonchev–Trinajstić information content (AvgIpc) is 2.36. The summed E-state index contributed by atoms with van der Waals surface area (Å²) in [4.78, 5) is 22.3. The molecule has 1 N–H and O–H groups in total. The Balaban J connectivity index is 2.55. The summed E-state index contributed by atoms with van der Waals surface area (Å²) in [5, 5.41) is 8.78. The average molecular weight is 234 g/mol. The van der Waals surface area contributed by atoms with E-state index in [-0.39, 0.29) is 0 Å². The van der Waals surface area contributed by atoms with Gasteiger partial charge in [0, 0.05) is 5.56 Å². The van der Waals surface area contributed by atoms with Crippen LogP contribution in [0.5, 0.6) is 5.75 Å². The quantitative estimate of drug-likeness (QED) is 0.640. The van der Waals surface area contributed by atoms with E-state index in [0.29, 0.717) is 5.56 Å². The topological polar surface area (TPSA) is 63.6 Å². The molecule has 1 aliphatic carbocycles. The molecule has 1 aromatic carbocycles. The Morgan fingerprint density at radius 2 is 1.82 bits per heavy atom. The molecule has 0 bridgehead atoms. The third kappa shape index (κ3) is 2.02. The van der Waals surface area contributed by atoms with Gasteiger partial charge < -0.3 is 9.84 Å². The van der Waals surface area contributed by atoms with Crippen LogP contribution in [-0.4, -0.2) is 24.0 Å². The summed E-state index contributed by atoms with van der Waals surface area (Å²) in [5.74, 6) is -1.48. The second-order valence-electron chi connectivity index (χ2n) is 4.11. The molecule has 0 radical (unpaired) electrons. The lowest BCUT2D eigenvalue weighted by Crippen LogP contribution is -2.18. The first-order valence-corrected chi connectivity index (χ1v) is 5.61. The van der Waals surface area contributed by atoms with Crippen LogP contribution in [0.15, 0.2) is 12.1 Å². The lowest BCUT2D eigenvalue weighted by Gasteiger charge is -2.20. The van der Waals surface area contributed by atoms with E-state index in [1.54, 1.807) is 19.2 Å². The third-order valence-electron chi connectivity index (χ3n) is 3.15. The number of rotatable bonds is 3. The number of carboxylic acid groups (broad SMARTS) is 1. The number of fused-ring (bicyclic) bond motifs is 1. The standard InChI is InChI=1S/C13H14O4/c1-17-11-7-6-10(12(14)13(15)16)8-4-2-3-5-9(8)11/h6-7H,2-5H2,1H3,(H,15,16).